The summed E-state index contributed by atoms with van der Waals surface area (Å²) in [5.74, 6) is -2.73. The minimum atomic E-state index is -1.86. The Balaban J connectivity index is 1.17. The number of amides is 3. The minimum absolute atomic E-state index is 0.0101. The molecule has 13 nitrogen and oxygen atoms in total. The minimum Gasteiger partial charge on any atom is -0.457 e. The van der Waals surface area contributed by atoms with E-state index in [1.165, 1.54) is 0 Å². The third kappa shape index (κ3) is 6.93. The van der Waals surface area contributed by atoms with Gasteiger partial charge in [0.15, 0.2) is 0 Å². The van der Waals surface area contributed by atoms with E-state index >= 15 is 0 Å². The molecule has 13 heteroatoms. The molecule has 0 spiro atoms. The molecule has 0 bridgehead atoms. The molecular weight excluding hydrogens is 606 g/mol. The van der Waals surface area contributed by atoms with Crippen LogP contribution in [0.3, 0.4) is 0 Å². The zero-order valence-electron chi connectivity index (χ0n) is 26.4. The number of hydrogen-bond donors (Lipinski definition) is 3. The molecule has 5 rings (SSSR count). The van der Waals surface area contributed by atoms with Gasteiger partial charge in [-0.3, -0.25) is 24.0 Å². The van der Waals surface area contributed by atoms with Gasteiger partial charge in [0.1, 0.15) is 13.2 Å². The zero-order valence-corrected chi connectivity index (χ0v) is 26.4. The van der Waals surface area contributed by atoms with Crippen LogP contribution >= 0.6 is 0 Å². The third-order valence-corrected chi connectivity index (χ3v) is 8.30. The van der Waals surface area contributed by atoms with E-state index in [4.69, 9.17) is 14.5 Å². The maximum atomic E-state index is 13.7. The highest BCUT2D eigenvalue weighted by Gasteiger charge is 2.50. The first kappa shape index (κ1) is 33.0. The van der Waals surface area contributed by atoms with Crippen LogP contribution in [0.5, 0.6) is 0 Å². The lowest BCUT2D eigenvalue weighted by Gasteiger charge is -2.35. The molecule has 4 heterocycles. The molecule has 246 valence electrons. The van der Waals surface area contributed by atoms with Crippen LogP contribution in [0, 0.1) is 0 Å². The van der Waals surface area contributed by atoms with Crippen molar-refractivity contribution in [3.63, 3.8) is 0 Å². The standard InChI is InChI=1S/C34H37N5O8/c1-4-34(47-29(42)17-36-27(40)12-6-5-9-13-35-28(41)16-37-31(43)20(2)3)24-15-26-30-22(14-21-10-7-8-11-25(21)38-30)18-39(26)32(44)23(24)19-46-33(34)45/h7-8,10-11,14-15H,2,4-6,9,12-13,16-19H2,1,3H3,(H,35,41)(H,36,40)(H,37,43). The van der Waals surface area contributed by atoms with Gasteiger partial charge in [-0.2, -0.15) is 0 Å². The van der Waals surface area contributed by atoms with Gasteiger partial charge in [0.05, 0.1) is 35.6 Å². The SMILES string of the molecule is C=C(C)C(=O)NCC(=O)NCCCCCC(=O)NCC(=O)OC1(CC)C(=O)OCc2c1cc1n(c2=O)Cc2cc3ccccc3nc2-1. The van der Waals surface area contributed by atoms with Crippen LogP contribution < -0.4 is 21.5 Å². The second-order valence-corrected chi connectivity index (χ2v) is 11.6. The summed E-state index contributed by atoms with van der Waals surface area (Å²) in [7, 11) is 0. The average Bonchev–Trinajstić information content (AvgIpc) is 3.42. The van der Waals surface area contributed by atoms with Crippen molar-refractivity contribution in [3.8, 4) is 11.4 Å². The largest absolute Gasteiger partial charge is 0.457 e. The van der Waals surface area contributed by atoms with E-state index in [2.05, 4.69) is 22.5 Å². The second kappa shape index (κ2) is 14.0. The van der Waals surface area contributed by atoms with Gasteiger partial charge in [-0.05, 0) is 44.4 Å². The Labute approximate surface area is 270 Å². The molecule has 47 heavy (non-hydrogen) atoms. The van der Waals surface area contributed by atoms with Crippen LogP contribution in [0.1, 0.15) is 62.6 Å². The van der Waals surface area contributed by atoms with E-state index in [1.807, 2.05) is 30.3 Å². The van der Waals surface area contributed by atoms with Crippen LogP contribution in [-0.2, 0) is 52.2 Å². The monoisotopic (exact) mass is 643 g/mol. The van der Waals surface area contributed by atoms with Gasteiger partial charge in [-0.15, -0.1) is 0 Å². The second-order valence-electron chi connectivity index (χ2n) is 11.6. The molecular formula is C34H37N5O8. The quantitative estimate of drug-likeness (QED) is 0.112. The molecule has 3 aromatic rings. The van der Waals surface area contributed by atoms with Crippen LogP contribution in [0.4, 0.5) is 0 Å². The van der Waals surface area contributed by atoms with Crippen molar-refractivity contribution in [3.05, 3.63) is 75.6 Å². The first-order valence-electron chi connectivity index (χ1n) is 15.6. The maximum Gasteiger partial charge on any atom is 0.355 e. The number of nitrogens with zero attached hydrogens (tertiary/aromatic N) is 2. The Morgan fingerprint density at radius 2 is 1.81 bits per heavy atom. The normalized spacial score (nSPS) is 15.9. The van der Waals surface area contributed by atoms with Crippen molar-refractivity contribution in [2.75, 3.05) is 19.6 Å². The van der Waals surface area contributed by atoms with E-state index in [1.54, 1.807) is 24.5 Å². The lowest BCUT2D eigenvalue weighted by molar-refractivity contribution is -0.189. The molecule has 1 unspecified atom stereocenters. The Morgan fingerprint density at radius 3 is 2.57 bits per heavy atom. The first-order valence-corrected chi connectivity index (χ1v) is 15.6. The number of rotatable bonds is 13. The molecule has 2 aliphatic rings. The number of carbonyl (C=O) groups is 5. The number of fused-ring (bicyclic) bond motifs is 5. The summed E-state index contributed by atoms with van der Waals surface area (Å²) in [5, 5.41) is 8.60. The average molecular weight is 644 g/mol. The molecule has 2 aromatic heterocycles. The van der Waals surface area contributed by atoms with Gasteiger partial charge in [0, 0.05) is 35.1 Å². The van der Waals surface area contributed by atoms with E-state index in [0.29, 0.717) is 49.3 Å². The summed E-state index contributed by atoms with van der Waals surface area (Å²) in [6.45, 7) is 6.55. The summed E-state index contributed by atoms with van der Waals surface area (Å²) < 4.78 is 12.7. The summed E-state index contributed by atoms with van der Waals surface area (Å²) in [5.41, 5.74) is 1.39. The molecule has 3 N–H and O–H groups in total. The maximum absolute atomic E-state index is 13.7. The van der Waals surface area contributed by atoms with Crippen molar-refractivity contribution in [2.45, 2.75) is 64.7 Å². The molecule has 0 radical (unpaired) electrons. The van der Waals surface area contributed by atoms with Gasteiger partial charge < -0.3 is 30.0 Å². The number of nitrogens with one attached hydrogen (secondary N) is 3. The molecule has 3 amide bonds. The zero-order chi connectivity index (χ0) is 33.7. The van der Waals surface area contributed by atoms with Gasteiger partial charge in [0.25, 0.3) is 5.56 Å². The number of benzene rings is 1. The summed E-state index contributed by atoms with van der Waals surface area (Å²) >= 11 is 0. The fourth-order valence-electron chi connectivity index (χ4n) is 5.76. The third-order valence-electron chi connectivity index (χ3n) is 8.30. The van der Waals surface area contributed by atoms with Crippen molar-refractivity contribution < 1.29 is 33.4 Å². The van der Waals surface area contributed by atoms with Gasteiger partial charge >= 0.3 is 11.9 Å². The number of aromatic nitrogens is 2. The van der Waals surface area contributed by atoms with Crippen LogP contribution in [0.2, 0.25) is 0 Å². The number of unbranched alkanes of at least 4 members (excludes halogenated alkanes) is 2. The number of esters is 2. The molecule has 0 saturated heterocycles. The first-order chi connectivity index (χ1) is 22.5. The molecule has 0 saturated carbocycles. The fraction of sp³-hybridized carbons (Fsp3) is 0.382. The molecule has 1 aromatic carbocycles. The molecule has 0 fully saturated rings. The van der Waals surface area contributed by atoms with Crippen molar-refractivity contribution >= 4 is 40.6 Å². The number of para-hydroxylation sites is 1. The summed E-state index contributed by atoms with van der Waals surface area (Å²) in [6, 6.07) is 11.3. The van der Waals surface area contributed by atoms with Crippen LogP contribution in [-0.4, -0.2) is 58.8 Å². The van der Waals surface area contributed by atoms with Crippen LogP contribution in [0.15, 0.2) is 53.3 Å². The Morgan fingerprint density at radius 1 is 1.02 bits per heavy atom. The summed E-state index contributed by atoms with van der Waals surface area (Å²) in [4.78, 5) is 80.3. The predicted molar refractivity (Wildman–Crippen MR) is 171 cm³/mol. The lowest BCUT2D eigenvalue weighted by atomic mass is 9.85. The van der Waals surface area contributed by atoms with Gasteiger partial charge in [0.2, 0.25) is 23.3 Å². The number of cyclic esters (lactones) is 1. The van der Waals surface area contributed by atoms with Gasteiger partial charge in [-0.25, -0.2) is 9.78 Å². The Kier molecular flexibility index (Phi) is 9.83. The van der Waals surface area contributed by atoms with Gasteiger partial charge in [-0.1, -0.05) is 38.1 Å². The Hall–Kier alpha value is -5.33. The lowest BCUT2D eigenvalue weighted by Crippen LogP contribution is -2.48. The van der Waals surface area contributed by atoms with Crippen molar-refractivity contribution in [2.24, 2.45) is 0 Å². The number of carbonyl (C=O) groups excluding carboxylic acids is 5. The fourth-order valence-corrected chi connectivity index (χ4v) is 5.76. The summed E-state index contributed by atoms with van der Waals surface area (Å²) in [6.07, 6.45) is 1.93. The highest BCUT2D eigenvalue weighted by Crippen LogP contribution is 2.40. The smallest absolute Gasteiger partial charge is 0.355 e. The Bertz CT molecular complexity index is 1850. The van der Waals surface area contributed by atoms with E-state index < -0.39 is 24.1 Å². The number of ether oxygens (including phenoxy) is 2. The molecule has 0 aliphatic carbocycles. The van der Waals surface area contributed by atoms with Crippen molar-refractivity contribution in [1.29, 1.82) is 0 Å². The molecule has 2 aliphatic heterocycles. The van der Waals surface area contributed by atoms with Crippen LogP contribution in [0.25, 0.3) is 22.3 Å². The number of pyridine rings is 2. The van der Waals surface area contributed by atoms with Crippen molar-refractivity contribution in [1.82, 2.24) is 25.5 Å². The van der Waals surface area contributed by atoms with E-state index in [0.717, 1.165) is 16.5 Å². The highest BCUT2D eigenvalue weighted by atomic mass is 16.6. The predicted octanol–water partition coefficient (Wildman–Crippen LogP) is 2.12. The van der Waals surface area contributed by atoms with E-state index in [-0.39, 0.29) is 60.4 Å². The number of hydrogen-bond acceptors (Lipinski definition) is 9. The molecule has 1 atom stereocenters. The highest BCUT2D eigenvalue weighted by molar-refractivity contribution is 5.94. The van der Waals surface area contributed by atoms with E-state index in [9.17, 15) is 28.8 Å². The topological polar surface area (TPSA) is 175 Å².